The molecule has 0 aromatic heterocycles. The fraction of sp³-hybridized carbons (Fsp3) is 0.769. The second kappa shape index (κ2) is 24.0. The Morgan fingerprint density at radius 1 is 0.688 bits per heavy atom. The molecule has 32 heavy (non-hydrogen) atoms. The largest absolute Gasteiger partial charge is 0.395 e. The molecular weight excluding hydrogens is 402 g/mol. The van der Waals surface area contributed by atoms with Crippen LogP contribution in [0.3, 0.4) is 0 Å². The smallest absolute Gasteiger partial charge is 0.219 e. The van der Waals surface area contributed by atoms with Crippen molar-refractivity contribution in [1.82, 2.24) is 15.5 Å². The molecule has 0 saturated carbocycles. The number of hydrogen-bond donors (Lipinski definition) is 3. The number of nitrogens with zero attached hydrogens (tertiary/aromatic N) is 1. The number of allylic oxidation sites excluding steroid dienone is 4. The Kier molecular flexibility index (Phi) is 22.7. The maximum atomic E-state index is 11.9. The Morgan fingerprint density at radius 2 is 1.16 bits per heavy atom. The summed E-state index contributed by atoms with van der Waals surface area (Å²) in [5.74, 6) is 0.267. The van der Waals surface area contributed by atoms with Crippen LogP contribution in [0.15, 0.2) is 24.3 Å². The Labute approximate surface area is 196 Å². The lowest BCUT2D eigenvalue weighted by atomic mass is 10.1. The van der Waals surface area contributed by atoms with E-state index in [0.717, 1.165) is 77.3 Å². The summed E-state index contributed by atoms with van der Waals surface area (Å²) in [6.07, 6.45) is 20.0. The van der Waals surface area contributed by atoms with Gasteiger partial charge >= 0.3 is 0 Å². The van der Waals surface area contributed by atoms with Gasteiger partial charge in [-0.15, -0.1) is 0 Å². The van der Waals surface area contributed by atoms with E-state index in [0.29, 0.717) is 32.5 Å². The average Bonchev–Trinajstić information content (AvgIpc) is 2.78. The average molecular weight is 452 g/mol. The molecule has 0 aliphatic rings. The van der Waals surface area contributed by atoms with Gasteiger partial charge in [0, 0.05) is 32.5 Å². The Bertz CT molecular complexity index is 465. The van der Waals surface area contributed by atoms with Crippen LogP contribution in [0.2, 0.25) is 0 Å². The number of rotatable bonds is 22. The number of carbonyl (C=O) groups excluding carboxylic acids is 2. The minimum atomic E-state index is 0.124. The summed E-state index contributed by atoms with van der Waals surface area (Å²) < 4.78 is 0. The predicted molar refractivity (Wildman–Crippen MR) is 135 cm³/mol. The van der Waals surface area contributed by atoms with Crippen molar-refractivity contribution in [2.24, 2.45) is 0 Å². The third kappa shape index (κ3) is 21.6. The van der Waals surface area contributed by atoms with Crippen molar-refractivity contribution >= 4 is 11.8 Å². The molecule has 6 nitrogen and oxygen atoms in total. The third-order valence-electron chi connectivity index (χ3n) is 5.38. The first-order valence-corrected chi connectivity index (χ1v) is 12.7. The molecule has 186 valence electrons. The molecule has 2 amide bonds. The van der Waals surface area contributed by atoms with E-state index < -0.39 is 0 Å². The van der Waals surface area contributed by atoms with E-state index in [4.69, 9.17) is 0 Å². The predicted octanol–water partition coefficient (Wildman–Crippen LogP) is 4.35. The summed E-state index contributed by atoms with van der Waals surface area (Å²) in [5, 5.41) is 15.3. The summed E-state index contributed by atoms with van der Waals surface area (Å²) >= 11 is 0. The normalized spacial score (nSPS) is 11.6. The van der Waals surface area contributed by atoms with Crippen LogP contribution < -0.4 is 10.6 Å². The number of hydrogen-bond acceptors (Lipinski definition) is 4. The van der Waals surface area contributed by atoms with Gasteiger partial charge in [0.25, 0.3) is 0 Å². The first kappa shape index (κ1) is 30.3. The number of unbranched alkanes of at least 4 members (excludes halogenated alkanes) is 6. The quantitative estimate of drug-likeness (QED) is 0.169. The van der Waals surface area contributed by atoms with Gasteiger partial charge in [-0.25, -0.2) is 0 Å². The highest BCUT2D eigenvalue weighted by Crippen LogP contribution is 2.04. The topological polar surface area (TPSA) is 81.7 Å². The summed E-state index contributed by atoms with van der Waals surface area (Å²) in [7, 11) is 0. The van der Waals surface area contributed by atoms with E-state index in [1.54, 1.807) is 0 Å². The Morgan fingerprint density at radius 3 is 1.56 bits per heavy atom. The summed E-state index contributed by atoms with van der Waals surface area (Å²) in [6, 6.07) is 0. The van der Waals surface area contributed by atoms with E-state index in [9.17, 15) is 14.7 Å². The van der Waals surface area contributed by atoms with Crippen molar-refractivity contribution in [2.75, 3.05) is 39.3 Å². The molecule has 0 aromatic rings. The zero-order chi connectivity index (χ0) is 23.7. The van der Waals surface area contributed by atoms with E-state index in [1.165, 1.54) is 0 Å². The Hall–Kier alpha value is -1.66. The maximum absolute atomic E-state index is 11.9. The maximum Gasteiger partial charge on any atom is 0.219 e. The molecule has 0 heterocycles. The minimum Gasteiger partial charge on any atom is -0.395 e. The zero-order valence-electron chi connectivity index (χ0n) is 20.7. The second-order valence-corrected chi connectivity index (χ2v) is 8.31. The molecule has 0 bridgehead atoms. The van der Waals surface area contributed by atoms with Crippen molar-refractivity contribution in [3.8, 4) is 0 Å². The van der Waals surface area contributed by atoms with Crippen molar-refractivity contribution in [1.29, 1.82) is 0 Å². The molecule has 3 N–H and O–H groups in total. The van der Waals surface area contributed by atoms with Crippen molar-refractivity contribution in [3.63, 3.8) is 0 Å². The third-order valence-corrected chi connectivity index (χ3v) is 5.38. The molecule has 0 unspecified atom stereocenters. The second-order valence-electron chi connectivity index (χ2n) is 8.31. The molecular formula is C26H49N3O3. The SMILES string of the molecule is C/C=C/CCCCCC(=O)NCCCN(CCO)CCCNC(=O)CCCCC/C=C/C. The van der Waals surface area contributed by atoms with E-state index in [-0.39, 0.29) is 18.4 Å². The number of aliphatic hydroxyl groups excluding tert-OH is 1. The molecule has 0 rings (SSSR count). The van der Waals surface area contributed by atoms with Gasteiger partial charge in [-0.1, -0.05) is 37.1 Å². The number of aliphatic hydroxyl groups is 1. The van der Waals surface area contributed by atoms with Gasteiger partial charge in [0.2, 0.25) is 11.8 Å². The van der Waals surface area contributed by atoms with Crippen molar-refractivity contribution < 1.29 is 14.7 Å². The van der Waals surface area contributed by atoms with Crippen LogP contribution in [-0.2, 0) is 9.59 Å². The molecule has 6 heteroatoms. The lowest BCUT2D eigenvalue weighted by molar-refractivity contribution is -0.122. The molecule has 0 aromatic carbocycles. The van der Waals surface area contributed by atoms with Gasteiger partial charge in [0.1, 0.15) is 0 Å². The lowest BCUT2D eigenvalue weighted by Crippen LogP contribution is -2.34. The van der Waals surface area contributed by atoms with Gasteiger partial charge in [-0.2, -0.15) is 0 Å². The molecule has 0 atom stereocenters. The zero-order valence-corrected chi connectivity index (χ0v) is 20.7. The summed E-state index contributed by atoms with van der Waals surface area (Å²) in [4.78, 5) is 26.0. The highest BCUT2D eigenvalue weighted by molar-refractivity contribution is 5.76. The molecule has 0 radical (unpaired) electrons. The van der Waals surface area contributed by atoms with Gasteiger partial charge < -0.3 is 20.6 Å². The first-order chi connectivity index (χ1) is 15.6. The summed E-state index contributed by atoms with van der Waals surface area (Å²) in [6.45, 7) is 7.83. The van der Waals surface area contributed by atoms with Crippen molar-refractivity contribution in [3.05, 3.63) is 24.3 Å². The highest BCUT2D eigenvalue weighted by Gasteiger charge is 2.06. The minimum absolute atomic E-state index is 0.124. The Balaban J connectivity index is 3.72. The fourth-order valence-electron chi connectivity index (χ4n) is 3.50. The molecule has 0 aliphatic carbocycles. The lowest BCUT2D eigenvalue weighted by Gasteiger charge is -2.21. The number of carbonyl (C=O) groups is 2. The van der Waals surface area contributed by atoms with Crippen LogP contribution in [0.4, 0.5) is 0 Å². The van der Waals surface area contributed by atoms with E-state index in [1.807, 2.05) is 13.8 Å². The fourth-order valence-corrected chi connectivity index (χ4v) is 3.50. The van der Waals surface area contributed by atoms with Crippen LogP contribution in [0.25, 0.3) is 0 Å². The summed E-state index contributed by atoms with van der Waals surface area (Å²) in [5.41, 5.74) is 0. The van der Waals surface area contributed by atoms with Crippen LogP contribution in [0.5, 0.6) is 0 Å². The number of nitrogens with one attached hydrogen (secondary N) is 2. The molecule has 0 fully saturated rings. The van der Waals surface area contributed by atoms with Gasteiger partial charge in [0.15, 0.2) is 0 Å². The van der Waals surface area contributed by atoms with Gasteiger partial charge in [-0.3, -0.25) is 9.59 Å². The van der Waals surface area contributed by atoms with Crippen LogP contribution >= 0.6 is 0 Å². The van der Waals surface area contributed by atoms with E-state index >= 15 is 0 Å². The van der Waals surface area contributed by atoms with Crippen LogP contribution in [0, 0.1) is 0 Å². The standard InChI is InChI=1S/C26H49N3O3/c1-3-5-7-9-11-13-17-25(31)27-19-15-21-29(23-24-30)22-16-20-28-26(32)18-14-12-10-8-6-4-2/h3-6,30H,7-24H2,1-2H3,(H,27,31)(H,28,32)/b5-3+,6-4+. The first-order valence-electron chi connectivity index (χ1n) is 12.7. The molecule has 0 saturated heterocycles. The van der Waals surface area contributed by atoms with Gasteiger partial charge in [0.05, 0.1) is 6.61 Å². The highest BCUT2D eigenvalue weighted by atomic mass is 16.3. The van der Waals surface area contributed by atoms with Crippen LogP contribution in [0.1, 0.15) is 90.9 Å². The van der Waals surface area contributed by atoms with Crippen molar-refractivity contribution in [2.45, 2.75) is 90.9 Å². The monoisotopic (exact) mass is 451 g/mol. The molecule has 0 spiro atoms. The molecule has 0 aliphatic heterocycles. The van der Waals surface area contributed by atoms with Crippen LogP contribution in [-0.4, -0.2) is 61.2 Å². The van der Waals surface area contributed by atoms with Gasteiger partial charge in [-0.05, 0) is 78.3 Å². The number of amides is 2. The van der Waals surface area contributed by atoms with E-state index in [2.05, 4.69) is 39.8 Å².